The Morgan fingerprint density at radius 1 is 0.440 bits per heavy atom. The summed E-state index contributed by atoms with van der Waals surface area (Å²) in [5, 5.41) is 11.0. The van der Waals surface area contributed by atoms with E-state index in [9.17, 15) is 0 Å². The maximum atomic E-state index is 5.39. The van der Waals surface area contributed by atoms with Crippen molar-refractivity contribution in [1.29, 1.82) is 0 Å². The lowest BCUT2D eigenvalue weighted by Gasteiger charge is -2.14. The molecular formula is C46H27N3S. The number of hydrogen-bond donors (Lipinski definition) is 0. The Kier molecular flexibility index (Phi) is 5.83. The predicted octanol–water partition coefficient (Wildman–Crippen LogP) is 12.7. The summed E-state index contributed by atoms with van der Waals surface area (Å²) in [6.07, 6.45) is 0. The lowest BCUT2D eigenvalue weighted by molar-refractivity contribution is 1.01. The van der Waals surface area contributed by atoms with Gasteiger partial charge in [0.05, 0.1) is 22.2 Å². The van der Waals surface area contributed by atoms with Crippen LogP contribution >= 0.6 is 11.3 Å². The Hall–Kier alpha value is -6.36. The van der Waals surface area contributed by atoms with Crippen molar-refractivity contribution in [1.82, 2.24) is 14.5 Å². The Balaban J connectivity index is 1.24. The van der Waals surface area contributed by atoms with Gasteiger partial charge in [0.15, 0.2) is 0 Å². The molecule has 0 atom stereocenters. The molecule has 0 radical (unpaired) electrons. The number of hydrogen-bond acceptors (Lipinski definition) is 3. The van der Waals surface area contributed by atoms with Gasteiger partial charge in [0.25, 0.3) is 0 Å². The number of fused-ring (bicyclic) bond motifs is 10. The van der Waals surface area contributed by atoms with Crippen LogP contribution in [0.25, 0.3) is 103 Å². The van der Waals surface area contributed by atoms with Crippen LogP contribution in [0.5, 0.6) is 0 Å². The third-order valence-electron chi connectivity index (χ3n) is 10.2. The monoisotopic (exact) mass is 653 g/mol. The van der Waals surface area contributed by atoms with Crippen molar-refractivity contribution in [3.05, 3.63) is 164 Å². The summed E-state index contributed by atoms with van der Waals surface area (Å²) in [6.45, 7) is 0. The first-order chi connectivity index (χ1) is 24.8. The van der Waals surface area contributed by atoms with E-state index in [-0.39, 0.29) is 0 Å². The van der Waals surface area contributed by atoms with E-state index in [4.69, 9.17) is 9.97 Å². The fourth-order valence-electron chi connectivity index (χ4n) is 7.89. The van der Waals surface area contributed by atoms with Gasteiger partial charge in [0.2, 0.25) is 5.95 Å². The second kappa shape index (κ2) is 10.6. The fraction of sp³-hybridized carbons (Fsp3) is 0. The number of rotatable bonds is 3. The van der Waals surface area contributed by atoms with Crippen molar-refractivity contribution in [3.63, 3.8) is 0 Å². The van der Waals surface area contributed by atoms with Crippen LogP contribution in [0, 0.1) is 0 Å². The van der Waals surface area contributed by atoms with E-state index in [1.165, 1.54) is 58.1 Å². The van der Waals surface area contributed by atoms with Crippen LogP contribution < -0.4 is 0 Å². The number of para-hydroxylation sites is 2. The van der Waals surface area contributed by atoms with Gasteiger partial charge in [-0.2, -0.15) is 0 Å². The first kappa shape index (κ1) is 27.6. The zero-order valence-electron chi connectivity index (χ0n) is 26.8. The van der Waals surface area contributed by atoms with E-state index in [0.717, 1.165) is 38.8 Å². The van der Waals surface area contributed by atoms with Crippen molar-refractivity contribution >= 4 is 85.8 Å². The predicted molar refractivity (Wildman–Crippen MR) is 213 cm³/mol. The van der Waals surface area contributed by atoms with Crippen molar-refractivity contribution < 1.29 is 0 Å². The van der Waals surface area contributed by atoms with Crippen molar-refractivity contribution in [2.24, 2.45) is 0 Å². The quantitative estimate of drug-likeness (QED) is 0.190. The number of benzene rings is 8. The van der Waals surface area contributed by atoms with Crippen molar-refractivity contribution in [3.8, 4) is 28.3 Å². The minimum absolute atomic E-state index is 0.666. The Bertz CT molecular complexity index is 3150. The third kappa shape index (κ3) is 4.03. The van der Waals surface area contributed by atoms with E-state index in [1.807, 2.05) is 17.4 Å². The largest absolute Gasteiger partial charge is 0.277 e. The number of nitrogens with zero attached hydrogens (tertiary/aromatic N) is 3. The summed E-state index contributed by atoms with van der Waals surface area (Å²) in [5.74, 6) is 0.666. The standard InChI is InChI=1S/C46H27N3S/c1-2-12-29(13-3-1)44-36-17-8-9-20-39(36)47-46(48-44)49-40-26-31-15-5-4-14-30(31)25-38(40)35-19-10-18-34(45(35)49)32-21-23-37-42(27-32)50-41-24-22-28-11-6-7-16-33(28)43(37)41/h1-27H. The molecule has 0 unspecified atom stereocenters. The molecule has 11 aromatic rings. The minimum atomic E-state index is 0.666. The third-order valence-corrected chi connectivity index (χ3v) is 11.3. The first-order valence-electron chi connectivity index (χ1n) is 16.9. The SMILES string of the molecule is c1ccc(-c2nc(-n3c4cc5ccccc5cc4c4cccc(-c5ccc6c(c5)sc5ccc7ccccc7c56)c43)nc3ccccc23)cc1. The van der Waals surface area contributed by atoms with Gasteiger partial charge in [0.1, 0.15) is 0 Å². The summed E-state index contributed by atoms with van der Waals surface area (Å²) in [7, 11) is 0. The molecule has 4 heteroatoms. The number of aromatic nitrogens is 3. The molecule has 3 aromatic heterocycles. The molecule has 0 saturated carbocycles. The van der Waals surface area contributed by atoms with Gasteiger partial charge in [-0.15, -0.1) is 11.3 Å². The van der Waals surface area contributed by atoms with Gasteiger partial charge in [-0.3, -0.25) is 4.57 Å². The highest BCUT2D eigenvalue weighted by molar-refractivity contribution is 7.26. The molecule has 0 bridgehead atoms. The molecule has 11 rings (SSSR count). The van der Waals surface area contributed by atoms with Crippen molar-refractivity contribution in [2.75, 3.05) is 0 Å². The average Bonchev–Trinajstić information content (AvgIpc) is 3.72. The molecule has 0 aliphatic rings. The van der Waals surface area contributed by atoms with Gasteiger partial charge in [0, 0.05) is 47.5 Å². The maximum Gasteiger partial charge on any atom is 0.235 e. The van der Waals surface area contributed by atoms with Crippen LogP contribution in [-0.4, -0.2) is 14.5 Å². The normalized spacial score (nSPS) is 12.0. The lowest BCUT2D eigenvalue weighted by Crippen LogP contribution is -2.04. The van der Waals surface area contributed by atoms with Crippen LogP contribution in [0.4, 0.5) is 0 Å². The van der Waals surface area contributed by atoms with E-state index < -0.39 is 0 Å². The van der Waals surface area contributed by atoms with Gasteiger partial charge in [-0.05, 0) is 57.4 Å². The van der Waals surface area contributed by atoms with E-state index in [2.05, 4.69) is 162 Å². The smallest absolute Gasteiger partial charge is 0.235 e. The highest BCUT2D eigenvalue weighted by atomic mass is 32.1. The molecule has 0 spiro atoms. The number of thiophene rings is 1. The van der Waals surface area contributed by atoms with E-state index >= 15 is 0 Å². The van der Waals surface area contributed by atoms with Gasteiger partial charge in [-0.25, -0.2) is 9.97 Å². The Morgan fingerprint density at radius 2 is 1.18 bits per heavy atom. The molecule has 50 heavy (non-hydrogen) atoms. The highest BCUT2D eigenvalue weighted by Crippen LogP contribution is 2.43. The summed E-state index contributed by atoms with van der Waals surface area (Å²) in [6, 6.07) is 58.9. The summed E-state index contributed by atoms with van der Waals surface area (Å²) >= 11 is 1.87. The Morgan fingerprint density at radius 3 is 2.06 bits per heavy atom. The van der Waals surface area contributed by atoms with E-state index in [1.54, 1.807) is 0 Å². The van der Waals surface area contributed by atoms with Crippen LogP contribution in [0.15, 0.2) is 164 Å². The molecule has 0 aliphatic carbocycles. The van der Waals surface area contributed by atoms with Crippen molar-refractivity contribution in [2.45, 2.75) is 0 Å². The summed E-state index contributed by atoms with van der Waals surface area (Å²) in [4.78, 5) is 10.7. The molecule has 0 amide bonds. The lowest BCUT2D eigenvalue weighted by atomic mass is 9.99. The van der Waals surface area contributed by atoms with Gasteiger partial charge < -0.3 is 0 Å². The summed E-state index contributed by atoms with van der Waals surface area (Å²) in [5.41, 5.74) is 7.46. The Labute approximate surface area is 291 Å². The zero-order chi connectivity index (χ0) is 32.8. The van der Waals surface area contributed by atoms with Gasteiger partial charge in [-0.1, -0.05) is 133 Å². The molecule has 8 aromatic carbocycles. The van der Waals surface area contributed by atoms with Crippen LogP contribution in [-0.2, 0) is 0 Å². The fourth-order valence-corrected chi connectivity index (χ4v) is 9.05. The average molecular weight is 654 g/mol. The molecule has 232 valence electrons. The highest BCUT2D eigenvalue weighted by Gasteiger charge is 2.21. The maximum absolute atomic E-state index is 5.39. The molecular weight excluding hydrogens is 627 g/mol. The van der Waals surface area contributed by atoms with Gasteiger partial charge >= 0.3 is 0 Å². The molecule has 3 heterocycles. The first-order valence-corrected chi connectivity index (χ1v) is 17.7. The minimum Gasteiger partial charge on any atom is -0.277 e. The van der Waals surface area contributed by atoms with Crippen LogP contribution in [0.2, 0.25) is 0 Å². The molecule has 0 aliphatic heterocycles. The summed E-state index contributed by atoms with van der Waals surface area (Å²) < 4.78 is 4.90. The van der Waals surface area contributed by atoms with E-state index in [0.29, 0.717) is 5.95 Å². The molecule has 0 fully saturated rings. The van der Waals surface area contributed by atoms with Crippen LogP contribution in [0.3, 0.4) is 0 Å². The second-order valence-electron chi connectivity index (χ2n) is 13.0. The second-order valence-corrected chi connectivity index (χ2v) is 14.1. The topological polar surface area (TPSA) is 30.7 Å². The van der Waals surface area contributed by atoms with Crippen LogP contribution in [0.1, 0.15) is 0 Å². The zero-order valence-corrected chi connectivity index (χ0v) is 27.7. The molecule has 0 N–H and O–H groups in total. The molecule has 0 saturated heterocycles. The molecule has 3 nitrogen and oxygen atoms in total.